The van der Waals surface area contributed by atoms with Gasteiger partial charge in [-0.05, 0) is 35.9 Å². The Bertz CT molecular complexity index is 1080. The molecule has 5 rings (SSSR count). The average molecular weight is 474 g/mol. The molecule has 2 aliphatic rings. The molecule has 6 heteroatoms. The van der Waals surface area contributed by atoms with Gasteiger partial charge < -0.3 is 4.74 Å². The Kier molecular flexibility index (Phi) is 4.58. The van der Waals surface area contributed by atoms with Crippen LogP contribution in [0.5, 0.6) is 5.75 Å². The normalized spacial score (nSPS) is 20.2. The molecule has 0 spiro atoms. The van der Waals surface area contributed by atoms with E-state index < -0.39 is 6.23 Å². The number of fused-ring (bicyclic) bond motifs is 3. The molecule has 0 unspecified atom stereocenters. The first-order valence-corrected chi connectivity index (χ1v) is 10.5. The van der Waals surface area contributed by atoms with Crippen molar-refractivity contribution in [2.45, 2.75) is 18.7 Å². The van der Waals surface area contributed by atoms with E-state index >= 15 is 0 Å². The second-order valence-corrected chi connectivity index (χ2v) is 8.59. The molecule has 2 atom stereocenters. The minimum absolute atomic E-state index is 0.0975. The van der Waals surface area contributed by atoms with Gasteiger partial charge in [-0.25, -0.2) is 5.01 Å². The lowest BCUT2D eigenvalue weighted by molar-refractivity contribution is -0.0189. The molecule has 0 aliphatic carbocycles. The van der Waals surface area contributed by atoms with Crippen molar-refractivity contribution in [3.63, 3.8) is 0 Å². The molecule has 28 heavy (non-hydrogen) atoms. The maximum absolute atomic E-state index is 6.51. The SMILES string of the molecule is Clc1ccc([C@@H]2Oc3ccccc3[C@H]3CC(c4ccc(Br)cc4)=NN32)c(Cl)c1. The van der Waals surface area contributed by atoms with E-state index in [1.165, 1.54) is 0 Å². The molecule has 3 aromatic carbocycles. The van der Waals surface area contributed by atoms with Crippen LogP contribution in [0, 0.1) is 0 Å². The van der Waals surface area contributed by atoms with Crippen molar-refractivity contribution in [2.24, 2.45) is 5.10 Å². The lowest BCUT2D eigenvalue weighted by atomic mass is 9.96. The third kappa shape index (κ3) is 3.10. The van der Waals surface area contributed by atoms with Gasteiger partial charge in [0.25, 0.3) is 0 Å². The smallest absolute Gasteiger partial charge is 0.215 e. The van der Waals surface area contributed by atoms with Crippen molar-refractivity contribution in [1.29, 1.82) is 0 Å². The fourth-order valence-electron chi connectivity index (χ4n) is 3.76. The molecule has 140 valence electrons. The van der Waals surface area contributed by atoms with E-state index in [4.69, 9.17) is 33.0 Å². The van der Waals surface area contributed by atoms with Crippen molar-refractivity contribution >= 4 is 44.8 Å². The minimum atomic E-state index is -0.405. The standard InChI is InChI=1S/C22H15BrCl2N2O/c23-14-7-5-13(6-8-14)19-12-20-17-3-1-2-4-21(17)28-22(27(20)26-19)16-10-9-15(24)11-18(16)25/h1-11,20,22H,12H2/t20-,22+/m1/s1. The van der Waals surface area contributed by atoms with Crippen LogP contribution >= 0.6 is 39.1 Å². The molecular formula is C22H15BrCl2N2O. The molecule has 2 aliphatic heterocycles. The summed E-state index contributed by atoms with van der Waals surface area (Å²) < 4.78 is 7.39. The highest BCUT2D eigenvalue weighted by atomic mass is 79.9. The first kappa shape index (κ1) is 18.0. The lowest BCUT2D eigenvalue weighted by Crippen LogP contribution is -2.33. The highest BCUT2D eigenvalue weighted by Gasteiger charge is 2.41. The van der Waals surface area contributed by atoms with Crippen LogP contribution in [-0.4, -0.2) is 10.7 Å². The predicted molar refractivity (Wildman–Crippen MR) is 116 cm³/mol. The molecule has 0 bridgehead atoms. The van der Waals surface area contributed by atoms with Crippen LogP contribution in [-0.2, 0) is 0 Å². The van der Waals surface area contributed by atoms with Gasteiger partial charge >= 0.3 is 0 Å². The number of rotatable bonds is 2. The van der Waals surface area contributed by atoms with Crippen LogP contribution in [0.1, 0.15) is 35.4 Å². The number of benzene rings is 3. The van der Waals surface area contributed by atoms with Gasteiger partial charge in [0, 0.05) is 27.0 Å². The third-order valence-electron chi connectivity index (χ3n) is 5.11. The number of para-hydroxylation sites is 1. The first-order chi connectivity index (χ1) is 13.6. The van der Waals surface area contributed by atoms with Crippen molar-refractivity contribution in [3.8, 4) is 5.75 Å². The molecule has 2 heterocycles. The predicted octanol–water partition coefficient (Wildman–Crippen LogP) is 7.00. The molecule has 0 fully saturated rings. The zero-order valence-electron chi connectivity index (χ0n) is 14.6. The Morgan fingerprint density at radius 3 is 2.54 bits per heavy atom. The Morgan fingerprint density at radius 1 is 0.964 bits per heavy atom. The van der Waals surface area contributed by atoms with Crippen LogP contribution < -0.4 is 4.74 Å². The summed E-state index contributed by atoms with van der Waals surface area (Å²) in [5, 5.41) is 8.14. The van der Waals surface area contributed by atoms with Gasteiger partial charge in [-0.1, -0.05) is 75.5 Å². The topological polar surface area (TPSA) is 24.8 Å². The Balaban J connectivity index is 1.61. The van der Waals surface area contributed by atoms with Crippen LogP contribution in [0.3, 0.4) is 0 Å². The van der Waals surface area contributed by atoms with Crippen LogP contribution in [0.2, 0.25) is 10.0 Å². The van der Waals surface area contributed by atoms with E-state index in [2.05, 4.69) is 34.1 Å². The summed E-state index contributed by atoms with van der Waals surface area (Å²) in [6.45, 7) is 0. The molecule has 0 N–H and O–H groups in total. The first-order valence-electron chi connectivity index (χ1n) is 8.92. The van der Waals surface area contributed by atoms with E-state index in [1.807, 2.05) is 47.5 Å². The summed E-state index contributed by atoms with van der Waals surface area (Å²) in [5.74, 6) is 0.868. The number of hydrogen-bond donors (Lipinski definition) is 0. The Morgan fingerprint density at radius 2 is 1.75 bits per heavy atom. The van der Waals surface area contributed by atoms with Crippen LogP contribution in [0.15, 0.2) is 76.3 Å². The Hall–Kier alpha value is -2.01. The minimum Gasteiger partial charge on any atom is -0.464 e. The van der Waals surface area contributed by atoms with E-state index in [1.54, 1.807) is 6.07 Å². The summed E-state index contributed by atoms with van der Waals surface area (Å²) >= 11 is 16.1. The lowest BCUT2D eigenvalue weighted by Gasteiger charge is -2.38. The van der Waals surface area contributed by atoms with Gasteiger partial charge in [-0.2, -0.15) is 5.10 Å². The molecule has 3 aromatic rings. The van der Waals surface area contributed by atoms with Crippen molar-refractivity contribution in [2.75, 3.05) is 0 Å². The molecule has 0 amide bonds. The van der Waals surface area contributed by atoms with Gasteiger partial charge in [0.1, 0.15) is 5.75 Å². The summed E-state index contributed by atoms with van der Waals surface area (Å²) in [5.41, 5.74) is 4.13. The molecule has 0 aromatic heterocycles. The molecule has 0 saturated carbocycles. The maximum atomic E-state index is 6.51. The summed E-state index contributed by atoms with van der Waals surface area (Å²) in [6, 6.07) is 21.9. The van der Waals surface area contributed by atoms with Gasteiger partial charge in [-0.3, -0.25) is 0 Å². The number of hydrazone groups is 1. The maximum Gasteiger partial charge on any atom is 0.215 e. The summed E-state index contributed by atoms with van der Waals surface area (Å²) in [6.07, 6.45) is 0.404. The van der Waals surface area contributed by atoms with Gasteiger partial charge in [0.05, 0.1) is 16.8 Å². The molecule has 0 radical (unpaired) electrons. The summed E-state index contributed by atoms with van der Waals surface area (Å²) in [7, 11) is 0. The molecule has 0 saturated heterocycles. The quantitative estimate of drug-likeness (QED) is 0.400. The number of ether oxygens (including phenoxy) is 1. The highest BCUT2D eigenvalue weighted by molar-refractivity contribution is 9.10. The van der Waals surface area contributed by atoms with Gasteiger partial charge in [0.2, 0.25) is 6.23 Å². The molecular weight excluding hydrogens is 459 g/mol. The fraction of sp³-hybridized carbons (Fsp3) is 0.136. The van der Waals surface area contributed by atoms with Crippen molar-refractivity contribution in [3.05, 3.63) is 97.9 Å². The van der Waals surface area contributed by atoms with Crippen LogP contribution in [0.4, 0.5) is 0 Å². The van der Waals surface area contributed by atoms with Crippen molar-refractivity contribution in [1.82, 2.24) is 5.01 Å². The summed E-state index contributed by atoms with van der Waals surface area (Å²) in [4.78, 5) is 0. The number of halogens is 3. The largest absolute Gasteiger partial charge is 0.464 e. The zero-order chi connectivity index (χ0) is 19.3. The Labute approximate surface area is 181 Å². The highest BCUT2D eigenvalue weighted by Crippen LogP contribution is 2.48. The van der Waals surface area contributed by atoms with E-state index in [0.717, 1.165) is 39.0 Å². The van der Waals surface area contributed by atoms with E-state index in [-0.39, 0.29) is 6.04 Å². The second kappa shape index (κ2) is 7.11. The van der Waals surface area contributed by atoms with Gasteiger partial charge in [0.15, 0.2) is 0 Å². The monoisotopic (exact) mass is 472 g/mol. The van der Waals surface area contributed by atoms with Crippen molar-refractivity contribution < 1.29 is 4.74 Å². The average Bonchev–Trinajstić information content (AvgIpc) is 3.14. The molecule has 3 nitrogen and oxygen atoms in total. The number of nitrogens with zero attached hydrogens (tertiary/aromatic N) is 2. The number of hydrogen-bond acceptors (Lipinski definition) is 3. The van der Waals surface area contributed by atoms with E-state index in [9.17, 15) is 0 Å². The second-order valence-electron chi connectivity index (χ2n) is 6.83. The third-order valence-corrected chi connectivity index (χ3v) is 6.20. The van der Waals surface area contributed by atoms with E-state index in [0.29, 0.717) is 10.0 Å². The van der Waals surface area contributed by atoms with Gasteiger partial charge in [-0.15, -0.1) is 0 Å². The fourth-order valence-corrected chi connectivity index (χ4v) is 4.52. The van der Waals surface area contributed by atoms with Crippen LogP contribution in [0.25, 0.3) is 0 Å². The zero-order valence-corrected chi connectivity index (χ0v) is 17.7.